The van der Waals surface area contributed by atoms with Crippen molar-refractivity contribution in [3.8, 4) is 57.4 Å². The van der Waals surface area contributed by atoms with Crippen LogP contribution in [-0.2, 0) is 0 Å². The predicted octanol–water partition coefficient (Wildman–Crippen LogP) is 9.58. The van der Waals surface area contributed by atoms with Crippen LogP contribution in [0.15, 0.2) is 146 Å². The number of nitrogens with zero attached hydrogens (tertiary/aromatic N) is 3. The Balaban J connectivity index is 1.29. The second-order valence-electron chi connectivity index (χ2n) is 13.3. The first-order valence-electron chi connectivity index (χ1n) is 17.2. The Kier molecular flexibility index (Phi) is 7.39. The molecule has 2 aliphatic heterocycles. The molecule has 0 atom stereocenters. The van der Waals surface area contributed by atoms with Crippen molar-refractivity contribution in [1.82, 2.24) is 0 Å². The quantitative estimate of drug-likeness (QED) is 0.171. The first kappa shape index (κ1) is 31.0. The third-order valence-corrected chi connectivity index (χ3v) is 10.1. The third-order valence-electron chi connectivity index (χ3n) is 10.1. The summed E-state index contributed by atoms with van der Waals surface area (Å²) in [5, 5.41) is 19.9. The van der Waals surface area contributed by atoms with Crippen LogP contribution >= 0.6 is 0 Å². The van der Waals surface area contributed by atoms with Gasteiger partial charge in [0.15, 0.2) is 0 Å². The number of rotatable bonds is 5. The van der Waals surface area contributed by atoms with E-state index in [1.165, 1.54) is 0 Å². The van der Waals surface area contributed by atoms with Crippen molar-refractivity contribution in [2.24, 2.45) is 0 Å². The molecule has 0 aliphatic carbocycles. The Morgan fingerprint density at radius 1 is 0.481 bits per heavy atom. The molecule has 0 saturated heterocycles. The minimum absolute atomic E-state index is 0.123. The Morgan fingerprint density at radius 2 is 0.942 bits per heavy atom. The summed E-state index contributed by atoms with van der Waals surface area (Å²) in [6.45, 7) is 3.93. The maximum absolute atomic E-state index is 9.93. The number of fused-ring (bicyclic) bond motifs is 4. The molecule has 7 aromatic rings. The lowest BCUT2D eigenvalue weighted by molar-refractivity contribution is 0.465. The van der Waals surface area contributed by atoms with Gasteiger partial charge in [-0.1, -0.05) is 97.1 Å². The summed E-state index contributed by atoms with van der Waals surface area (Å²) in [5.41, 5.74) is 12.9. The molecule has 0 amide bonds. The normalized spacial score (nSPS) is 11.9. The molecule has 0 bridgehead atoms. The van der Waals surface area contributed by atoms with Gasteiger partial charge in [-0.05, 0) is 94.6 Å². The van der Waals surface area contributed by atoms with Crippen molar-refractivity contribution in [1.29, 1.82) is 10.5 Å². The molecule has 0 radical (unpaired) electrons. The summed E-state index contributed by atoms with van der Waals surface area (Å²) in [6, 6.07) is 53.7. The molecular weight excluding hydrogens is 637 g/mol. The summed E-state index contributed by atoms with van der Waals surface area (Å²) in [5.74, 6) is 2.97. The second kappa shape index (κ2) is 12.4. The van der Waals surface area contributed by atoms with Gasteiger partial charge in [0, 0.05) is 17.6 Å². The molecule has 2 aliphatic rings. The van der Waals surface area contributed by atoms with E-state index in [-0.39, 0.29) is 6.71 Å². The number of ether oxygens (including phenoxy) is 2. The number of nitriles is 2. The van der Waals surface area contributed by atoms with Crippen LogP contribution in [0, 0.1) is 36.5 Å². The van der Waals surface area contributed by atoms with E-state index in [0.717, 1.165) is 78.3 Å². The van der Waals surface area contributed by atoms with Crippen LogP contribution in [0.3, 0.4) is 0 Å². The van der Waals surface area contributed by atoms with E-state index in [1.807, 2.05) is 86.6 Å². The minimum atomic E-state index is -0.123. The molecule has 5 nitrogen and oxygen atoms in total. The van der Waals surface area contributed by atoms with Gasteiger partial charge in [-0.25, -0.2) is 0 Å². The van der Waals surface area contributed by atoms with Crippen LogP contribution in [0.5, 0.6) is 23.0 Å². The fourth-order valence-corrected chi connectivity index (χ4v) is 7.48. The number of hydrogen-bond acceptors (Lipinski definition) is 5. The molecule has 9 rings (SSSR count). The molecule has 0 unspecified atom stereocenters. The monoisotopic (exact) mass is 667 g/mol. The molecule has 0 fully saturated rings. The standard InChI is InChI=1S/C46H30BN3O2/c1-29-13-15-31(27-48)21-40(29)50(41-22-32(28-49)16-14-30(41)2)37-25-44-46-45(26-37)52-43-24-36(34-11-7-4-8-12-34)18-20-39(43)47(46)38-19-17-35(23-42(38)51-44)33-9-5-3-6-10-33/h3-26H,1-2H3. The van der Waals surface area contributed by atoms with Crippen LogP contribution in [0.25, 0.3) is 22.3 Å². The highest BCUT2D eigenvalue weighted by Gasteiger charge is 2.41. The topological polar surface area (TPSA) is 69.3 Å². The lowest BCUT2D eigenvalue weighted by atomic mass is 9.34. The van der Waals surface area contributed by atoms with Crippen molar-refractivity contribution in [2.75, 3.05) is 4.90 Å². The van der Waals surface area contributed by atoms with E-state index in [2.05, 4.69) is 89.8 Å². The zero-order valence-electron chi connectivity index (χ0n) is 28.6. The van der Waals surface area contributed by atoms with E-state index in [9.17, 15) is 10.5 Å². The number of aryl methyl sites for hydroxylation is 2. The summed E-state index contributed by atoms with van der Waals surface area (Å²) in [4.78, 5) is 2.11. The van der Waals surface area contributed by atoms with E-state index < -0.39 is 0 Å². The maximum Gasteiger partial charge on any atom is 0.260 e. The van der Waals surface area contributed by atoms with Crippen LogP contribution in [0.1, 0.15) is 22.3 Å². The van der Waals surface area contributed by atoms with Crippen LogP contribution in [-0.4, -0.2) is 6.71 Å². The van der Waals surface area contributed by atoms with Gasteiger partial charge in [0.25, 0.3) is 6.71 Å². The smallest absolute Gasteiger partial charge is 0.260 e. The highest BCUT2D eigenvalue weighted by molar-refractivity contribution is 6.98. The zero-order chi connectivity index (χ0) is 35.3. The van der Waals surface area contributed by atoms with Gasteiger partial charge in [0.05, 0.1) is 40.3 Å². The van der Waals surface area contributed by atoms with Gasteiger partial charge in [-0.3, -0.25) is 0 Å². The first-order valence-corrected chi connectivity index (χ1v) is 17.2. The molecule has 0 aromatic heterocycles. The summed E-state index contributed by atoms with van der Waals surface area (Å²) >= 11 is 0. The number of anilines is 3. The summed E-state index contributed by atoms with van der Waals surface area (Å²) in [6.07, 6.45) is 0. The summed E-state index contributed by atoms with van der Waals surface area (Å²) in [7, 11) is 0. The SMILES string of the molecule is Cc1ccc(C#N)cc1N(c1cc2c3c(c1)Oc1cc(-c4ccccc4)ccc1B3c1ccc(-c3ccccc3)cc1O2)c1cc(C#N)ccc1C. The molecule has 0 spiro atoms. The molecule has 244 valence electrons. The van der Waals surface area contributed by atoms with Gasteiger partial charge in [0.2, 0.25) is 0 Å². The molecule has 0 saturated carbocycles. The van der Waals surface area contributed by atoms with E-state index in [1.54, 1.807) is 0 Å². The van der Waals surface area contributed by atoms with Crippen LogP contribution < -0.4 is 30.8 Å². The zero-order valence-corrected chi connectivity index (χ0v) is 28.6. The Labute approximate surface area is 303 Å². The lowest BCUT2D eigenvalue weighted by Gasteiger charge is -2.35. The minimum Gasteiger partial charge on any atom is -0.458 e. The van der Waals surface area contributed by atoms with E-state index >= 15 is 0 Å². The van der Waals surface area contributed by atoms with Crippen LogP contribution in [0.2, 0.25) is 0 Å². The molecule has 2 heterocycles. The Hall–Kier alpha value is -7.02. The van der Waals surface area contributed by atoms with Crippen molar-refractivity contribution in [2.45, 2.75) is 13.8 Å². The van der Waals surface area contributed by atoms with E-state index in [0.29, 0.717) is 22.6 Å². The van der Waals surface area contributed by atoms with Gasteiger partial charge < -0.3 is 14.4 Å². The van der Waals surface area contributed by atoms with Gasteiger partial charge in [0.1, 0.15) is 23.0 Å². The highest BCUT2D eigenvalue weighted by atomic mass is 16.5. The molecule has 7 aromatic carbocycles. The molecular formula is C46H30BN3O2. The third kappa shape index (κ3) is 5.18. The largest absolute Gasteiger partial charge is 0.458 e. The van der Waals surface area contributed by atoms with Crippen molar-refractivity contribution in [3.63, 3.8) is 0 Å². The average molecular weight is 668 g/mol. The lowest BCUT2D eigenvalue weighted by Crippen LogP contribution is -2.57. The Morgan fingerprint density at radius 3 is 1.38 bits per heavy atom. The average Bonchev–Trinajstić information content (AvgIpc) is 3.19. The molecule has 52 heavy (non-hydrogen) atoms. The number of hydrogen-bond donors (Lipinski definition) is 0. The van der Waals surface area contributed by atoms with Gasteiger partial charge >= 0.3 is 0 Å². The first-order chi connectivity index (χ1) is 25.5. The molecule has 6 heteroatoms. The number of benzene rings is 7. The van der Waals surface area contributed by atoms with Crippen LogP contribution in [0.4, 0.5) is 17.1 Å². The fraction of sp³-hybridized carbons (Fsp3) is 0.0435. The fourth-order valence-electron chi connectivity index (χ4n) is 7.48. The van der Waals surface area contributed by atoms with Crippen molar-refractivity contribution >= 4 is 40.2 Å². The highest BCUT2D eigenvalue weighted by Crippen LogP contribution is 2.45. The maximum atomic E-state index is 9.93. The van der Waals surface area contributed by atoms with Crippen molar-refractivity contribution in [3.05, 3.63) is 168 Å². The van der Waals surface area contributed by atoms with Gasteiger partial charge in [-0.2, -0.15) is 10.5 Å². The van der Waals surface area contributed by atoms with E-state index in [4.69, 9.17) is 9.47 Å². The molecule has 0 N–H and O–H groups in total. The Bertz CT molecular complexity index is 2460. The van der Waals surface area contributed by atoms with Gasteiger partial charge in [-0.15, -0.1) is 0 Å². The van der Waals surface area contributed by atoms with Crippen molar-refractivity contribution < 1.29 is 9.47 Å². The second-order valence-corrected chi connectivity index (χ2v) is 13.3. The summed E-state index contributed by atoms with van der Waals surface area (Å²) < 4.78 is 13.8. The predicted molar refractivity (Wildman–Crippen MR) is 209 cm³/mol.